The number of carbonyl (C=O) groups excluding carboxylic acids is 1. The number of nitrogens with one attached hydrogen (secondary N) is 2. The number of pyridine rings is 1. The van der Waals surface area contributed by atoms with Crippen LogP contribution in [-0.2, 0) is 6.54 Å². The lowest BCUT2D eigenvalue weighted by Gasteiger charge is -2.32. The lowest BCUT2D eigenvalue weighted by molar-refractivity contribution is 0.130. The fourth-order valence-corrected chi connectivity index (χ4v) is 4.06. The lowest BCUT2D eigenvalue weighted by Crippen LogP contribution is -2.50. The predicted molar refractivity (Wildman–Crippen MR) is 118 cm³/mol. The molecule has 0 atom stereocenters. The van der Waals surface area contributed by atoms with E-state index in [-0.39, 0.29) is 18.2 Å². The summed E-state index contributed by atoms with van der Waals surface area (Å²) in [5, 5.41) is 6.79. The van der Waals surface area contributed by atoms with E-state index in [1.807, 2.05) is 12.1 Å². The number of hydrogen-bond acceptors (Lipinski definition) is 4. The van der Waals surface area contributed by atoms with Crippen molar-refractivity contribution in [2.45, 2.75) is 71.1 Å². The fourth-order valence-electron chi connectivity index (χ4n) is 4.06. The minimum atomic E-state index is -0.340. The minimum Gasteiger partial charge on any atom is -0.474 e. The molecular formula is C22H36N6O2. The highest BCUT2D eigenvalue weighted by Gasteiger charge is 2.22. The molecule has 2 heterocycles. The number of nitrogens with zero attached hydrogens (tertiary/aromatic N) is 3. The SMILES string of the molecule is CCNC(=NCc1ccnc(OC2CCC(C)CC2)c1)NC1CCN(C(N)=O)CC1. The topological polar surface area (TPSA) is 105 Å². The average Bonchev–Trinajstić information content (AvgIpc) is 2.74. The molecule has 2 aliphatic rings. The highest BCUT2D eigenvalue weighted by Crippen LogP contribution is 2.26. The van der Waals surface area contributed by atoms with E-state index in [9.17, 15) is 4.79 Å². The van der Waals surface area contributed by atoms with E-state index in [0.29, 0.717) is 25.5 Å². The number of nitrogens with two attached hydrogens (primary N) is 1. The van der Waals surface area contributed by atoms with Gasteiger partial charge in [0.25, 0.3) is 0 Å². The van der Waals surface area contributed by atoms with E-state index in [4.69, 9.17) is 15.5 Å². The van der Waals surface area contributed by atoms with Crippen LogP contribution in [0.3, 0.4) is 0 Å². The Morgan fingerprint density at radius 2 is 2.00 bits per heavy atom. The van der Waals surface area contributed by atoms with E-state index in [2.05, 4.69) is 29.5 Å². The van der Waals surface area contributed by atoms with Gasteiger partial charge in [0.15, 0.2) is 5.96 Å². The Morgan fingerprint density at radius 3 is 2.67 bits per heavy atom. The monoisotopic (exact) mass is 416 g/mol. The molecule has 3 rings (SSSR count). The van der Waals surface area contributed by atoms with Gasteiger partial charge >= 0.3 is 6.03 Å². The third-order valence-electron chi connectivity index (χ3n) is 5.96. The van der Waals surface area contributed by atoms with Gasteiger partial charge in [-0.3, -0.25) is 0 Å². The van der Waals surface area contributed by atoms with Crippen molar-refractivity contribution in [3.05, 3.63) is 23.9 Å². The molecule has 1 aliphatic heterocycles. The molecule has 0 bridgehead atoms. The van der Waals surface area contributed by atoms with Crippen molar-refractivity contribution < 1.29 is 9.53 Å². The summed E-state index contributed by atoms with van der Waals surface area (Å²) >= 11 is 0. The molecule has 30 heavy (non-hydrogen) atoms. The van der Waals surface area contributed by atoms with Crippen LogP contribution in [0.1, 0.15) is 57.9 Å². The quantitative estimate of drug-likeness (QED) is 0.488. The molecule has 1 aliphatic carbocycles. The van der Waals surface area contributed by atoms with Crippen molar-refractivity contribution in [3.63, 3.8) is 0 Å². The first kappa shape index (κ1) is 22.2. The Labute approximate surface area is 179 Å². The Hall–Kier alpha value is -2.51. The van der Waals surface area contributed by atoms with Gasteiger partial charge in [-0.15, -0.1) is 0 Å². The molecule has 1 aromatic rings. The number of ether oxygens (including phenoxy) is 1. The van der Waals surface area contributed by atoms with Crippen molar-refractivity contribution in [2.75, 3.05) is 19.6 Å². The van der Waals surface area contributed by atoms with Gasteiger partial charge in [-0.05, 0) is 63.0 Å². The Bertz CT molecular complexity index is 709. The second-order valence-electron chi connectivity index (χ2n) is 8.44. The van der Waals surface area contributed by atoms with Crippen LogP contribution in [0.2, 0.25) is 0 Å². The maximum Gasteiger partial charge on any atom is 0.314 e. The van der Waals surface area contributed by atoms with Crippen LogP contribution >= 0.6 is 0 Å². The number of hydrogen-bond donors (Lipinski definition) is 3. The zero-order chi connectivity index (χ0) is 21.3. The number of aliphatic imine (C=N–C) groups is 1. The molecule has 1 saturated heterocycles. The van der Waals surface area contributed by atoms with Gasteiger partial charge < -0.3 is 26.0 Å². The number of piperidine rings is 1. The minimum absolute atomic E-state index is 0.276. The second-order valence-corrected chi connectivity index (χ2v) is 8.44. The van der Waals surface area contributed by atoms with Crippen molar-refractivity contribution in [2.24, 2.45) is 16.6 Å². The number of amides is 2. The van der Waals surface area contributed by atoms with Gasteiger partial charge in [-0.2, -0.15) is 0 Å². The van der Waals surface area contributed by atoms with Gasteiger partial charge in [0.05, 0.1) is 6.54 Å². The summed E-state index contributed by atoms with van der Waals surface area (Å²) in [4.78, 5) is 22.1. The van der Waals surface area contributed by atoms with Gasteiger partial charge in [0, 0.05) is 37.9 Å². The number of carbonyl (C=O) groups is 1. The molecule has 1 aromatic heterocycles. The van der Waals surface area contributed by atoms with Crippen LogP contribution in [0.4, 0.5) is 4.79 Å². The fraction of sp³-hybridized carbons (Fsp3) is 0.682. The molecule has 8 heteroatoms. The molecule has 0 unspecified atom stereocenters. The zero-order valence-corrected chi connectivity index (χ0v) is 18.3. The van der Waals surface area contributed by atoms with E-state index in [1.165, 1.54) is 12.8 Å². The Kier molecular flexibility index (Phi) is 8.16. The summed E-state index contributed by atoms with van der Waals surface area (Å²) in [6.07, 6.45) is 8.46. The molecule has 4 N–H and O–H groups in total. The van der Waals surface area contributed by atoms with Crippen LogP contribution in [0.5, 0.6) is 5.88 Å². The van der Waals surface area contributed by atoms with Gasteiger partial charge in [0.2, 0.25) is 5.88 Å². The molecule has 0 spiro atoms. The normalized spacial score (nSPS) is 23.1. The molecule has 0 radical (unpaired) electrons. The summed E-state index contributed by atoms with van der Waals surface area (Å²) in [7, 11) is 0. The molecule has 2 amide bonds. The van der Waals surface area contributed by atoms with Crippen molar-refractivity contribution in [1.82, 2.24) is 20.5 Å². The Morgan fingerprint density at radius 1 is 1.27 bits per heavy atom. The molecule has 8 nitrogen and oxygen atoms in total. The Balaban J connectivity index is 1.53. The standard InChI is InChI=1S/C22H36N6O2/c1-3-24-22(27-18-9-12-28(13-10-18)21(23)29)26-15-17-8-11-25-20(14-17)30-19-6-4-16(2)5-7-19/h8,11,14,16,18-19H,3-7,9-10,12-13,15H2,1-2H3,(H2,23,29)(H2,24,26,27). The first-order chi connectivity index (χ1) is 14.5. The van der Waals surface area contributed by atoms with E-state index in [0.717, 1.165) is 49.7 Å². The highest BCUT2D eigenvalue weighted by atomic mass is 16.5. The van der Waals surface area contributed by atoms with E-state index >= 15 is 0 Å². The number of rotatable bonds is 6. The van der Waals surface area contributed by atoms with Crippen molar-refractivity contribution in [3.8, 4) is 5.88 Å². The summed E-state index contributed by atoms with van der Waals surface area (Å²) in [5.74, 6) is 2.29. The molecule has 1 saturated carbocycles. The second kappa shape index (κ2) is 11.0. The van der Waals surface area contributed by atoms with E-state index in [1.54, 1.807) is 11.1 Å². The van der Waals surface area contributed by atoms with Crippen LogP contribution < -0.4 is 21.1 Å². The van der Waals surface area contributed by atoms with E-state index < -0.39 is 0 Å². The highest BCUT2D eigenvalue weighted by molar-refractivity contribution is 5.80. The van der Waals surface area contributed by atoms with Gasteiger partial charge in [0.1, 0.15) is 6.10 Å². The number of likely N-dealkylation sites (tertiary alicyclic amines) is 1. The summed E-state index contributed by atoms with van der Waals surface area (Å²) in [6.45, 7) is 7.06. The zero-order valence-electron chi connectivity index (χ0n) is 18.3. The molecular weight excluding hydrogens is 380 g/mol. The number of primary amides is 1. The van der Waals surface area contributed by atoms with Crippen LogP contribution in [0.15, 0.2) is 23.3 Å². The van der Waals surface area contributed by atoms with Crippen LogP contribution in [0.25, 0.3) is 0 Å². The smallest absolute Gasteiger partial charge is 0.314 e. The summed E-state index contributed by atoms with van der Waals surface area (Å²) in [6, 6.07) is 3.92. The van der Waals surface area contributed by atoms with Gasteiger partial charge in [-0.1, -0.05) is 6.92 Å². The average molecular weight is 417 g/mol. The maximum atomic E-state index is 11.3. The number of urea groups is 1. The summed E-state index contributed by atoms with van der Waals surface area (Å²) < 4.78 is 6.12. The van der Waals surface area contributed by atoms with Crippen LogP contribution in [-0.4, -0.2) is 53.7 Å². The largest absolute Gasteiger partial charge is 0.474 e. The third-order valence-corrected chi connectivity index (χ3v) is 5.96. The van der Waals surface area contributed by atoms with Crippen molar-refractivity contribution in [1.29, 1.82) is 0 Å². The van der Waals surface area contributed by atoms with Crippen LogP contribution in [0, 0.1) is 5.92 Å². The lowest BCUT2D eigenvalue weighted by atomic mass is 9.89. The maximum absolute atomic E-state index is 11.3. The van der Waals surface area contributed by atoms with Gasteiger partial charge in [-0.25, -0.2) is 14.8 Å². The van der Waals surface area contributed by atoms with Crippen molar-refractivity contribution >= 4 is 12.0 Å². The first-order valence-electron chi connectivity index (χ1n) is 11.2. The predicted octanol–water partition coefficient (Wildman–Crippen LogP) is 2.64. The molecule has 166 valence electrons. The first-order valence-corrected chi connectivity index (χ1v) is 11.2. The third kappa shape index (κ3) is 6.78. The molecule has 0 aromatic carbocycles. The molecule has 2 fully saturated rings. The summed E-state index contributed by atoms with van der Waals surface area (Å²) in [5.41, 5.74) is 6.44. The number of aromatic nitrogens is 1. The number of guanidine groups is 1.